The van der Waals surface area contributed by atoms with Crippen molar-refractivity contribution in [2.24, 2.45) is 0 Å². The lowest BCUT2D eigenvalue weighted by atomic mass is 10.1. The molecule has 0 bridgehead atoms. The Bertz CT molecular complexity index is 324. The van der Waals surface area contributed by atoms with Gasteiger partial charge < -0.3 is 5.32 Å². The Balaban J connectivity index is 2.78. The molecule has 1 aromatic heterocycles. The molecule has 0 radical (unpaired) electrons. The Morgan fingerprint density at radius 2 is 2.47 bits per heavy atom. The summed E-state index contributed by atoms with van der Waals surface area (Å²) in [5.41, 5.74) is 0. The zero-order valence-electron chi connectivity index (χ0n) is 8.72. The van der Waals surface area contributed by atoms with Crippen LogP contribution >= 0.6 is 27.3 Å². The van der Waals surface area contributed by atoms with E-state index in [1.807, 2.05) is 6.08 Å². The standard InChI is InChI=1S/C11H15BrFNS/c1-3-5-9(14-6-4-2)11-10(13)8(12)7-15-11/h3,7,9,14H,1,4-6H2,2H3. The van der Waals surface area contributed by atoms with Gasteiger partial charge >= 0.3 is 0 Å². The van der Waals surface area contributed by atoms with Gasteiger partial charge in [0, 0.05) is 11.4 Å². The van der Waals surface area contributed by atoms with Crippen molar-refractivity contribution >= 4 is 27.3 Å². The number of hydrogen-bond acceptors (Lipinski definition) is 2. The zero-order valence-corrected chi connectivity index (χ0v) is 11.1. The predicted octanol–water partition coefficient (Wildman–Crippen LogP) is 4.27. The Kier molecular flexibility index (Phi) is 5.50. The minimum absolute atomic E-state index is 0.0544. The van der Waals surface area contributed by atoms with E-state index in [9.17, 15) is 4.39 Å². The van der Waals surface area contributed by atoms with Crippen molar-refractivity contribution in [3.8, 4) is 0 Å². The molecular weight excluding hydrogens is 277 g/mol. The average molecular weight is 292 g/mol. The normalized spacial score (nSPS) is 12.7. The molecule has 0 spiro atoms. The smallest absolute Gasteiger partial charge is 0.152 e. The molecule has 1 atom stereocenters. The van der Waals surface area contributed by atoms with Gasteiger partial charge in [0.15, 0.2) is 5.82 Å². The molecule has 0 saturated heterocycles. The Morgan fingerprint density at radius 1 is 1.73 bits per heavy atom. The molecule has 84 valence electrons. The molecule has 0 aliphatic carbocycles. The van der Waals surface area contributed by atoms with Crippen molar-refractivity contribution < 1.29 is 4.39 Å². The van der Waals surface area contributed by atoms with E-state index in [2.05, 4.69) is 34.7 Å². The lowest BCUT2D eigenvalue weighted by Gasteiger charge is -2.15. The second kappa shape index (κ2) is 6.40. The third-order valence-corrected chi connectivity index (χ3v) is 4.03. The summed E-state index contributed by atoms with van der Waals surface area (Å²) >= 11 is 4.63. The summed E-state index contributed by atoms with van der Waals surface area (Å²) < 4.78 is 14.2. The van der Waals surface area contributed by atoms with Gasteiger partial charge in [-0.15, -0.1) is 17.9 Å². The van der Waals surface area contributed by atoms with Gasteiger partial charge in [-0.1, -0.05) is 13.0 Å². The number of nitrogens with one attached hydrogen (secondary N) is 1. The van der Waals surface area contributed by atoms with Gasteiger partial charge in [0.25, 0.3) is 0 Å². The first-order chi connectivity index (χ1) is 7.20. The van der Waals surface area contributed by atoms with Gasteiger partial charge in [0.05, 0.1) is 9.35 Å². The van der Waals surface area contributed by atoms with Crippen LogP contribution in [0.5, 0.6) is 0 Å². The molecule has 0 fully saturated rings. The molecule has 1 rings (SSSR count). The zero-order chi connectivity index (χ0) is 11.3. The highest BCUT2D eigenvalue weighted by Gasteiger charge is 2.17. The third kappa shape index (κ3) is 3.40. The minimum Gasteiger partial charge on any atom is -0.309 e. The highest BCUT2D eigenvalue weighted by molar-refractivity contribution is 9.10. The van der Waals surface area contributed by atoms with Crippen LogP contribution in [-0.2, 0) is 0 Å². The van der Waals surface area contributed by atoms with Crippen LogP contribution in [-0.4, -0.2) is 6.54 Å². The summed E-state index contributed by atoms with van der Waals surface area (Å²) in [7, 11) is 0. The van der Waals surface area contributed by atoms with Crippen molar-refractivity contribution in [2.45, 2.75) is 25.8 Å². The maximum Gasteiger partial charge on any atom is 0.152 e. The lowest BCUT2D eigenvalue weighted by Crippen LogP contribution is -2.21. The van der Waals surface area contributed by atoms with E-state index in [0.29, 0.717) is 4.47 Å². The van der Waals surface area contributed by atoms with Crippen LogP contribution in [0.1, 0.15) is 30.7 Å². The number of hydrogen-bond donors (Lipinski definition) is 1. The average Bonchev–Trinajstić information content (AvgIpc) is 2.55. The Hall–Kier alpha value is -0.190. The van der Waals surface area contributed by atoms with Crippen LogP contribution in [0.2, 0.25) is 0 Å². The molecule has 1 N–H and O–H groups in total. The van der Waals surface area contributed by atoms with E-state index < -0.39 is 0 Å². The van der Waals surface area contributed by atoms with Gasteiger partial charge in [-0.25, -0.2) is 4.39 Å². The van der Waals surface area contributed by atoms with Crippen molar-refractivity contribution in [3.05, 3.63) is 33.2 Å². The molecule has 15 heavy (non-hydrogen) atoms. The lowest BCUT2D eigenvalue weighted by molar-refractivity contribution is 0.512. The van der Waals surface area contributed by atoms with Crippen molar-refractivity contribution in [2.75, 3.05) is 6.54 Å². The topological polar surface area (TPSA) is 12.0 Å². The van der Waals surface area contributed by atoms with Gasteiger partial charge in [0.2, 0.25) is 0 Å². The highest BCUT2D eigenvalue weighted by Crippen LogP contribution is 2.32. The van der Waals surface area contributed by atoms with Gasteiger partial charge in [-0.3, -0.25) is 0 Å². The molecule has 1 aromatic rings. The predicted molar refractivity (Wildman–Crippen MR) is 67.8 cm³/mol. The summed E-state index contributed by atoms with van der Waals surface area (Å²) in [6, 6.07) is 0.0544. The molecular formula is C11H15BrFNS. The summed E-state index contributed by atoms with van der Waals surface area (Å²) in [6.45, 7) is 6.69. The van der Waals surface area contributed by atoms with Gasteiger partial charge in [-0.05, 0) is 35.3 Å². The fourth-order valence-electron chi connectivity index (χ4n) is 1.34. The summed E-state index contributed by atoms with van der Waals surface area (Å²) in [5.74, 6) is -0.143. The molecule has 0 amide bonds. The number of rotatable bonds is 6. The van der Waals surface area contributed by atoms with Crippen LogP contribution < -0.4 is 5.32 Å². The summed E-state index contributed by atoms with van der Waals surface area (Å²) in [6.07, 6.45) is 3.62. The molecule has 0 aliphatic rings. The maximum atomic E-state index is 13.7. The Morgan fingerprint density at radius 3 is 2.93 bits per heavy atom. The summed E-state index contributed by atoms with van der Waals surface area (Å²) in [4.78, 5) is 0.759. The van der Waals surface area contributed by atoms with Gasteiger partial charge in [0.1, 0.15) is 0 Å². The van der Waals surface area contributed by atoms with Crippen LogP contribution in [0.4, 0.5) is 4.39 Å². The first-order valence-electron chi connectivity index (χ1n) is 4.97. The van der Waals surface area contributed by atoms with Crippen molar-refractivity contribution in [1.29, 1.82) is 0 Å². The van der Waals surface area contributed by atoms with Gasteiger partial charge in [-0.2, -0.15) is 0 Å². The van der Waals surface area contributed by atoms with E-state index in [1.165, 1.54) is 11.3 Å². The fourth-order valence-corrected chi connectivity index (χ4v) is 2.86. The third-order valence-electron chi connectivity index (χ3n) is 2.07. The molecule has 0 aliphatic heterocycles. The highest BCUT2D eigenvalue weighted by atomic mass is 79.9. The van der Waals surface area contributed by atoms with Crippen molar-refractivity contribution in [1.82, 2.24) is 5.32 Å². The van der Waals surface area contributed by atoms with E-state index in [0.717, 1.165) is 24.3 Å². The van der Waals surface area contributed by atoms with Crippen LogP contribution in [0, 0.1) is 5.82 Å². The number of thiophene rings is 1. The van der Waals surface area contributed by atoms with Crippen molar-refractivity contribution in [3.63, 3.8) is 0 Å². The number of halogens is 2. The fraction of sp³-hybridized carbons (Fsp3) is 0.455. The molecule has 4 heteroatoms. The second-order valence-corrected chi connectivity index (χ2v) is 5.06. The molecule has 1 unspecified atom stereocenters. The molecule has 1 heterocycles. The monoisotopic (exact) mass is 291 g/mol. The first kappa shape index (κ1) is 12.9. The second-order valence-electron chi connectivity index (χ2n) is 3.29. The SMILES string of the molecule is C=CCC(NCCC)c1scc(Br)c1F. The van der Waals surface area contributed by atoms with E-state index >= 15 is 0 Å². The van der Waals surface area contributed by atoms with E-state index in [4.69, 9.17) is 0 Å². The van der Waals surface area contributed by atoms with Crippen LogP contribution in [0.25, 0.3) is 0 Å². The van der Waals surface area contributed by atoms with E-state index in [1.54, 1.807) is 5.38 Å². The summed E-state index contributed by atoms with van der Waals surface area (Å²) in [5, 5.41) is 5.11. The largest absolute Gasteiger partial charge is 0.309 e. The van der Waals surface area contributed by atoms with Crippen LogP contribution in [0.3, 0.4) is 0 Å². The molecule has 0 aromatic carbocycles. The van der Waals surface area contributed by atoms with E-state index in [-0.39, 0.29) is 11.9 Å². The quantitative estimate of drug-likeness (QED) is 0.772. The maximum absolute atomic E-state index is 13.7. The first-order valence-corrected chi connectivity index (χ1v) is 6.64. The van der Waals surface area contributed by atoms with Crippen LogP contribution in [0.15, 0.2) is 22.5 Å². The molecule has 0 saturated carbocycles. The minimum atomic E-state index is -0.143. The Labute approximate surface area is 103 Å². The molecule has 1 nitrogen and oxygen atoms in total.